The van der Waals surface area contributed by atoms with Gasteiger partial charge in [-0.15, -0.1) is 0 Å². The molecule has 1 aromatic carbocycles. The number of nitrogens with zero attached hydrogens (tertiary/aromatic N) is 4. The van der Waals surface area contributed by atoms with Crippen LogP contribution >= 0.6 is 0 Å². The third-order valence-corrected chi connectivity index (χ3v) is 3.60. The number of aryl methyl sites for hydroxylation is 2. The van der Waals surface area contributed by atoms with Crippen LogP contribution in [-0.4, -0.2) is 14.8 Å². The van der Waals surface area contributed by atoms with Crippen molar-refractivity contribution < 1.29 is 0 Å². The highest BCUT2D eigenvalue weighted by Crippen LogP contribution is 2.17. The summed E-state index contributed by atoms with van der Waals surface area (Å²) in [5.74, 6) is 0.822. The number of aromatic nitrogens is 3. The molecule has 0 unspecified atom stereocenters. The van der Waals surface area contributed by atoms with Crippen LogP contribution in [0.15, 0.2) is 36.5 Å². The first-order chi connectivity index (χ1) is 10.7. The monoisotopic (exact) mass is 291 g/mol. The molecule has 0 aliphatic rings. The van der Waals surface area contributed by atoms with Crippen molar-refractivity contribution in [3.8, 4) is 6.07 Å². The van der Waals surface area contributed by atoms with Crippen molar-refractivity contribution >= 4 is 16.7 Å². The first-order valence-electron chi connectivity index (χ1n) is 7.25. The second-order valence-corrected chi connectivity index (χ2v) is 5.20. The largest absolute Gasteiger partial charge is 0.366 e. The van der Waals surface area contributed by atoms with Gasteiger partial charge >= 0.3 is 0 Å². The molecule has 2 aromatic heterocycles. The third-order valence-electron chi connectivity index (χ3n) is 3.60. The molecule has 0 saturated heterocycles. The SMILES string of the molecule is CCc1nn(C)cc1CNc1ccc2cc(C#N)ccc2n1. The van der Waals surface area contributed by atoms with Crippen molar-refractivity contribution in [2.24, 2.45) is 7.05 Å². The minimum absolute atomic E-state index is 0.651. The third kappa shape index (κ3) is 2.77. The van der Waals surface area contributed by atoms with Gasteiger partial charge in [0.25, 0.3) is 0 Å². The quantitative estimate of drug-likeness (QED) is 0.802. The molecule has 1 N–H and O–H groups in total. The summed E-state index contributed by atoms with van der Waals surface area (Å²) in [6, 6.07) is 11.6. The lowest BCUT2D eigenvalue weighted by atomic mass is 10.1. The molecule has 0 atom stereocenters. The Hall–Kier alpha value is -2.87. The number of rotatable bonds is 4. The standard InChI is InChI=1S/C17H17N5/c1-3-15-14(11-22(2)21-15)10-19-17-7-5-13-8-12(9-18)4-6-16(13)20-17/h4-8,11H,3,10H2,1-2H3,(H,19,20). The number of nitriles is 1. The van der Waals surface area contributed by atoms with Gasteiger partial charge in [0.15, 0.2) is 0 Å². The van der Waals surface area contributed by atoms with Gasteiger partial charge in [-0.25, -0.2) is 4.98 Å². The van der Waals surface area contributed by atoms with Crippen LogP contribution in [0.1, 0.15) is 23.7 Å². The predicted molar refractivity (Wildman–Crippen MR) is 86.4 cm³/mol. The second kappa shape index (κ2) is 5.86. The van der Waals surface area contributed by atoms with Gasteiger partial charge in [-0.2, -0.15) is 10.4 Å². The van der Waals surface area contributed by atoms with Crippen LogP contribution in [0.5, 0.6) is 0 Å². The van der Waals surface area contributed by atoms with Gasteiger partial charge in [0, 0.05) is 30.7 Å². The van der Waals surface area contributed by atoms with E-state index >= 15 is 0 Å². The van der Waals surface area contributed by atoms with Crippen molar-refractivity contribution in [3.63, 3.8) is 0 Å². The predicted octanol–water partition coefficient (Wildman–Crippen LogP) is 3.01. The minimum Gasteiger partial charge on any atom is -0.366 e. The smallest absolute Gasteiger partial charge is 0.126 e. The lowest BCUT2D eigenvalue weighted by Gasteiger charge is -2.06. The van der Waals surface area contributed by atoms with Gasteiger partial charge in [0.05, 0.1) is 22.8 Å². The van der Waals surface area contributed by atoms with Gasteiger partial charge in [0.1, 0.15) is 5.82 Å². The molecule has 0 radical (unpaired) electrons. The Labute approximate surface area is 129 Å². The topological polar surface area (TPSA) is 66.5 Å². The first-order valence-corrected chi connectivity index (χ1v) is 7.25. The normalized spacial score (nSPS) is 10.6. The van der Waals surface area contributed by atoms with Crippen molar-refractivity contribution in [1.29, 1.82) is 5.26 Å². The van der Waals surface area contributed by atoms with Crippen LogP contribution in [0.3, 0.4) is 0 Å². The van der Waals surface area contributed by atoms with Crippen LogP contribution in [0, 0.1) is 11.3 Å². The fourth-order valence-corrected chi connectivity index (χ4v) is 2.51. The maximum Gasteiger partial charge on any atom is 0.126 e. The molecule has 0 fully saturated rings. The molecule has 3 aromatic rings. The fraction of sp³-hybridized carbons (Fsp3) is 0.235. The molecule has 2 heterocycles. The molecule has 5 heteroatoms. The summed E-state index contributed by atoms with van der Waals surface area (Å²) in [6.07, 6.45) is 2.95. The van der Waals surface area contributed by atoms with Gasteiger partial charge < -0.3 is 5.32 Å². The van der Waals surface area contributed by atoms with Gasteiger partial charge in [-0.05, 0) is 36.8 Å². The summed E-state index contributed by atoms with van der Waals surface area (Å²) in [6.45, 7) is 2.80. The summed E-state index contributed by atoms with van der Waals surface area (Å²) in [4.78, 5) is 4.58. The van der Waals surface area contributed by atoms with Crippen LogP contribution in [0.4, 0.5) is 5.82 Å². The second-order valence-electron chi connectivity index (χ2n) is 5.20. The number of benzene rings is 1. The van der Waals surface area contributed by atoms with Crippen molar-refractivity contribution in [1.82, 2.24) is 14.8 Å². The van der Waals surface area contributed by atoms with E-state index in [1.165, 1.54) is 5.56 Å². The van der Waals surface area contributed by atoms with E-state index in [1.54, 1.807) is 6.07 Å². The molecule has 0 bridgehead atoms. The number of hydrogen-bond acceptors (Lipinski definition) is 4. The van der Waals surface area contributed by atoms with E-state index in [0.717, 1.165) is 28.8 Å². The molecule has 22 heavy (non-hydrogen) atoms. The maximum absolute atomic E-state index is 8.92. The molecule has 0 aliphatic heterocycles. The Bertz CT molecular complexity index is 857. The van der Waals surface area contributed by atoms with E-state index in [0.29, 0.717) is 12.1 Å². The number of hydrogen-bond donors (Lipinski definition) is 1. The van der Waals surface area contributed by atoms with E-state index in [2.05, 4.69) is 28.4 Å². The molecule has 110 valence electrons. The van der Waals surface area contributed by atoms with Gasteiger partial charge in [-0.3, -0.25) is 4.68 Å². The van der Waals surface area contributed by atoms with Crippen LogP contribution in [0.2, 0.25) is 0 Å². The van der Waals surface area contributed by atoms with E-state index < -0.39 is 0 Å². The van der Waals surface area contributed by atoms with Crippen LogP contribution in [-0.2, 0) is 20.0 Å². The molecular weight excluding hydrogens is 274 g/mol. The average molecular weight is 291 g/mol. The summed E-state index contributed by atoms with van der Waals surface area (Å²) in [5, 5.41) is 17.7. The Kier molecular flexibility index (Phi) is 3.75. The summed E-state index contributed by atoms with van der Waals surface area (Å²) >= 11 is 0. The summed E-state index contributed by atoms with van der Waals surface area (Å²) in [5.41, 5.74) is 3.82. The zero-order chi connectivity index (χ0) is 15.5. The summed E-state index contributed by atoms with van der Waals surface area (Å²) in [7, 11) is 1.93. The maximum atomic E-state index is 8.92. The number of fused-ring (bicyclic) bond motifs is 1. The zero-order valence-corrected chi connectivity index (χ0v) is 12.7. The average Bonchev–Trinajstić information content (AvgIpc) is 2.92. The van der Waals surface area contributed by atoms with Crippen LogP contribution in [0.25, 0.3) is 10.9 Å². The fourth-order valence-electron chi connectivity index (χ4n) is 2.51. The summed E-state index contributed by atoms with van der Waals surface area (Å²) < 4.78 is 1.84. The Morgan fingerprint density at radius 3 is 2.91 bits per heavy atom. The highest BCUT2D eigenvalue weighted by atomic mass is 15.3. The highest BCUT2D eigenvalue weighted by molar-refractivity contribution is 5.81. The van der Waals surface area contributed by atoms with Crippen LogP contribution < -0.4 is 5.32 Å². The lowest BCUT2D eigenvalue weighted by molar-refractivity contribution is 0.746. The first kappa shape index (κ1) is 14.1. The van der Waals surface area contributed by atoms with E-state index in [9.17, 15) is 0 Å². The number of pyridine rings is 1. The molecule has 0 amide bonds. The van der Waals surface area contributed by atoms with E-state index in [4.69, 9.17) is 5.26 Å². The highest BCUT2D eigenvalue weighted by Gasteiger charge is 2.06. The number of anilines is 1. The molecule has 0 saturated carbocycles. The van der Waals surface area contributed by atoms with Crippen molar-refractivity contribution in [3.05, 3.63) is 53.3 Å². The van der Waals surface area contributed by atoms with Crippen molar-refractivity contribution in [2.45, 2.75) is 19.9 Å². The lowest BCUT2D eigenvalue weighted by Crippen LogP contribution is -2.02. The Morgan fingerprint density at radius 2 is 2.14 bits per heavy atom. The molecular formula is C17H17N5. The van der Waals surface area contributed by atoms with E-state index in [1.807, 2.05) is 42.2 Å². The van der Waals surface area contributed by atoms with Gasteiger partial charge in [-0.1, -0.05) is 6.92 Å². The van der Waals surface area contributed by atoms with Crippen molar-refractivity contribution in [2.75, 3.05) is 5.32 Å². The molecule has 5 nitrogen and oxygen atoms in total. The Balaban J connectivity index is 1.81. The Morgan fingerprint density at radius 1 is 1.27 bits per heavy atom. The molecule has 0 aliphatic carbocycles. The zero-order valence-electron chi connectivity index (χ0n) is 12.7. The van der Waals surface area contributed by atoms with E-state index in [-0.39, 0.29) is 0 Å². The number of nitrogens with one attached hydrogen (secondary N) is 1. The molecule has 0 spiro atoms. The molecule has 3 rings (SSSR count). The van der Waals surface area contributed by atoms with Gasteiger partial charge in [0.2, 0.25) is 0 Å². The minimum atomic E-state index is 0.651.